The predicted octanol–water partition coefficient (Wildman–Crippen LogP) is 2.25. The van der Waals surface area contributed by atoms with Crippen LogP contribution in [-0.4, -0.2) is 33.3 Å². The van der Waals surface area contributed by atoms with Gasteiger partial charge in [0.25, 0.3) is 7.72 Å². The molecule has 0 aromatic heterocycles. The van der Waals surface area contributed by atoms with Crippen molar-refractivity contribution < 1.29 is 14.9 Å². The largest absolute Gasteiger partial charge is 0.392 e. The zero-order chi connectivity index (χ0) is 12.5. The lowest BCUT2D eigenvalue weighted by molar-refractivity contribution is 0.120. The average Bonchev–Trinajstić information content (AvgIpc) is 2.28. The summed E-state index contributed by atoms with van der Waals surface area (Å²) in [5.41, 5.74) is 0.969. The Kier molecular flexibility index (Phi) is 4.04. The van der Waals surface area contributed by atoms with Crippen LogP contribution >= 0.6 is 7.72 Å². The van der Waals surface area contributed by atoms with Gasteiger partial charge >= 0.3 is 0 Å². The van der Waals surface area contributed by atoms with Crippen LogP contribution in [-0.2, 0) is 0 Å². The third-order valence-electron chi connectivity index (χ3n) is 3.86. The van der Waals surface area contributed by atoms with Gasteiger partial charge in [-0.25, -0.2) is 9.79 Å². The van der Waals surface area contributed by atoms with Gasteiger partial charge in [-0.05, 0) is 37.7 Å². The number of hydrogen-bond donors (Lipinski definition) is 3. The normalized spacial score (nSPS) is 34.6. The van der Waals surface area contributed by atoms with Crippen LogP contribution in [0.1, 0.15) is 32.1 Å². The molecule has 0 heterocycles. The maximum Gasteiger partial charge on any atom is 0.271 e. The lowest BCUT2D eigenvalue weighted by atomic mass is 9.80. The Morgan fingerprint density at radius 1 is 1.24 bits per heavy atom. The van der Waals surface area contributed by atoms with Gasteiger partial charge < -0.3 is 5.11 Å². The minimum Gasteiger partial charge on any atom is -0.392 e. The topological polar surface area (TPSA) is 60.7 Å². The highest BCUT2D eigenvalue weighted by atomic mass is 31.2. The summed E-state index contributed by atoms with van der Waals surface area (Å²) < 4.78 is 0. The highest BCUT2D eigenvalue weighted by Crippen LogP contribution is 2.58. The van der Waals surface area contributed by atoms with E-state index in [1.165, 1.54) is 0 Å². The van der Waals surface area contributed by atoms with E-state index in [1.807, 2.05) is 6.08 Å². The van der Waals surface area contributed by atoms with E-state index in [4.69, 9.17) is 0 Å². The molecule has 0 saturated heterocycles. The highest BCUT2D eigenvalue weighted by molar-refractivity contribution is 7.64. The van der Waals surface area contributed by atoms with Crippen LogP contribution in [0.2, 0.25) is 0 Å². The van der Waals surface area contributed by atoms with E-state index in [9.17, 15) is 14.9 Å². The predicted molar refractivity (Wildman–Crippen MR) is 70.9 cm³/mol. The third-order valence-corrected chi connectivity index (χ3v) is 5.60. The quantitative estimate of drug-likeness (QED) is 0.525. The van der Waals surface area contributed by atoms with Crippen molar-refractivity contribution in [2.24, 2.45) is 5.92 Å². The molecule has 3 unspecified atom stereocenters. The van der Waals surface area contributed by atoms with E-state index >= 15 is 0 Å². The van der Waals surface area contributed by atoms with Crippen molar-refractivity contribution in [1.29, 1.82) is 0 Å². The van der Waals surface area contributed by atoms with Crippen molar-refractivity contribution in [1.82, 2.24) is 0 Å². The molecule has 0 amide bonds. The molecule has 0 aromatic carbocycles. The van der Waals surface area contributed by atoms with E-state index in [1.54, 1.807) is 6.66 Å². The second-order valence-electron chi connectivity index (χ2n) is 5.25. The number of hydrogen-bond acceptors (Lipinski definition) is 3. The Morgan fingerprint density at radius 3 is 2.59 bits per heavy atom. The zero-order valence-electron chi connectivity index (χ0n) is 10.3. The van der Waals surface area contributed by atoms with Crippen molar-refractivity contribution in [3.63, 3.8) is 0 Å². The van der Waals surface area contributed by atoms with Crippen molar-refractivity contribution in [2.45, 2.75) is 43.9 Å². The van der Waals surface area contributed by atoms with E-state index in [0.717, 1.165) is 31.3 Å². The van der Waals surface area contributed by atoms with Crippen molar-refractivity contribution in [2.75, 3.05) is 6.66 Å². The third kappa shape index (κ3) is 2.97. The van der Waals surface area contributed by atoms with E-state index in [0.29, 0.717) is 6.42 Å². The second-order valence-corrected chi connectivity index (χ2v) is 7.83. The molecule has 0 saturated carbocycles. The van der Waals surface area contributed by atoms with Gasteiger partial charge in [0.1, 0.15) is 12.3 Å². The summed E-state index contributed by atoms with van der Waals surface area (Å²) in [6.45, 7) is 1.56. The molecule has 0 bridgehead atoms. The molecule has 3 N–H and O–H groups in total. The maximum absolute atomic E-state index is 10.1. The summed E-state index contributed by atoms with van der Waals surface area (Å²) in [7, 11) is -2.84. The number of aliphatic hydroxyl groups excluding tert-OH is 1. The van der Waals surface area contributed by atoms with Gasteiger partial charge in [-0.15, -0.1) is 0 Å². The van der Waals surface area contributed by atoms with Gasteiger partial charge in [0.15, 0.2) is 0 Å². The molecule has 0 spiro atoms. The van der Waals surface area contributed by atoms with Gasteiger partial charge in [-0.1, -0.05) is 18.2 Å². The van der Waals surface area contributed by atoms with Gasteiger partial charge in [-0.2, -0.15) is 0 Å². The smallest absolute Gasteiger partial charge is 0.271 e. The lowest BCUT2D eigenvalue weighted by Gasteiger charge is -2.34. The fourth-order valence-electron chi connectivity index (χ4n) is 2.97. The molecule has 3 atom stereocenters. The standard InChI is InChI=1S/C13H22O3P/c1-17(15,16)13-9-5-3-7-11(13)10-6-2-4-8-12(10)14/h2,4,7,10,12-16H,3,5-6,8-9H2,1H3/q+1. The van der Waals surface area contributed by atoms with Crippen LogP contribution in [0, 0.1) is 5.92 Å². The monoisotopic (exact) mass is 257 g/mol. The number of aliphatic hydroxyl groups is 1. The van der Waals surface area contributed by atoms with Crippen LogP contribution in [0.25, 0.3) is 0 Å². The molecule has 4 heteroatoms. The van der Waals surface area contributed by atoms with Gasteiger partial charge in [0, 0.05) is 5.92 Å². The average molecular weight is 257 g/mol. The maximum atomic E-state index is 10.1. The molecular weight excluding hydrogens is 235 g/mol. The van der Waals surface area contributed by atoms with E-state index < -0.39 is 7.72 Å². The van der Waals surface area contributed by atoms with Crippen LogP contribution in [0.5, 0.6) is 0 Å². The summed E-state index contributed by atoms with van der Waals surface area (Å²) in [5, 5.41) is 10.1. The molecule has 0 aliphatic heterocycles. The van der Waals surface area contributed by atoms with E-state index in [2.05, 4.69) is 12.2 Å². The van der Waals surface area contributed by atoms with Gasteiger partial charge in [0.2, 0.25) is 0 Å². The van der Waals surface area contributed by atoms with Crippen LogP contribution in [0.15, 0.2) is 23.8 Å². The summed E-state index contributed by atoms with van der Waals surface area (Å²) in [6, 6.07) is 0. The van der Waals surface area contributed by atoms with Gasteiger partial charge in [-0.3, -0.25) is 0 Å². The summed E-state index contributed by atoms with van der Waals surface area (Å²) in [5.74, 6) is 0.0870. The van der Waals surface area contributed by atoms with Crippen molar-refractivity contribution in [3.8, 4) is 0 Å². The highest BCUT2D eigenvalue weighted by Gasteiger charge is 2.45. The Labute approximate surface area is 103 Å². The Morgan fingerprint density at radius 2 is 1.94 bits per heavy atom. The molecule has 3 nitrogen and oxygen atoms in total. The Balaban J connectivity index is 2.22. The first kappa shape index (κ1) is 13.2. The molecule has 96 valence electrons. The first-order valence-corrected chi connectivity index (χ1v) is 8.56. The minimum absolute atomic E-state index is 0.0870. The number of allylic oxidation sites excluding steroid dienone is 2. The molecule has 0 fully saturated rings. The van der Waals surface area contributed by atoms with Gasteiger partial charge in [0.05, 0.1) is 6.10 Å². The molecule has 2 aliphatic rings. The van der Waals surface area contributed by atoms with E-state index in [-0.39, 0.29) is 17.7 Å². The first-order valence-electron chi connectivity index (χ1n) is 6.35. The van der Waals surface area contributed by atoms with Crippen LogP contribution in [0.4, 0.5) is 0 Å². The molecule has 2 rings (SSSR count). The van der Waals surface area contributed by atoms with Crippen LogP contribution < -0.4 is 0 Å². The molecule has 17 heavy (non-hydrogen) atoms. The lowest BCUT2D eigenvalue weighted by Crippen LogP contribution is -2.31. The van der Waals surface area contributed by atoms with Crippen molar-refractivity contribution >= 4 is 7.72 Å². The SMILES string of the molecule is C[P+](O)(O)C1CCCC=C1C1CC=CCC1O. The minimum atomic E-state index is -2.84. The zero-order valence-corrected chi connectivity index (χ0v) is 11.2. The molecule has 0 aromatic rings. The Hall–Kier alpha value is -0.210. The summed E-state index contributed by atoms with van der Waals surface area (Å²) in [6.07, 6.45) is 10.2. The fraction of sp³-hybridized carbons (Fsp3) is 0.692. The Bertz CT molecular complexity index is 330. The number of rotatable bonds is 2. The summed E-state index contributed by atoms with van der Waals surface area (Å²) >= 11 is 0. The first-order chi connectivity index (χ1) is 8.00. The second kappa shape index (κ2) is 5.19. The molecular formula is C13H22O3P+. The fourth-order valence-corrected chi connectivity index (χ4v) is 4.50. The molecule has 2 aliphatic carbocycles. The summed E-state index contributed by atoms with van der Waals surface area (Å²) in [4.78, 5) is 19.9. The van der Waals surface area contributed by atoms with Crippen molar-refractivity contribution in [3.05, 3.63) is 23.8 Å². The molecule has 0 radical (unpaired) electrons. The van der Waals surface area contributed by atoms with Crippen LogP contribution in [0.3, 0.4) is 0 Å².